The lowest BCUT2D eigenvalue weighted by Crippen LogP contribution is -2.47. The second kappa shape index (κ2) is 15.8. The molecule has 9 heteroatoms. The molecule has 0 aromatic heterocycles. The number of nitrogens with zero attached hydrogens (tertiary/aromatic N) is 2. The smallest absolute Gasteiger partial charge is 0.164 e. The number of rotatable bonds is 18. The molecule has 50 heavy (non-hydrogen) atoms. The third-order valence-electron chi connectivity index (χ3n) is 12.8. The summed E-state index contributed by atoms with van der Waals surface area (Å²) in [5, 5.41) is 3.74. The largest absolute Gasteiger partial charge is 0.491 e. The monoisotopic (exact) mass is 704 g/mol. The van der Waals surface area contributed by atoms with Crippen LogP contribution in [0.15, 0.2) is 18.2 Å². The average molecular weight is 704 g/mol. The Labute approximate surface area is 305 Å². The van der Waals surface area contributed by atoms with Crippen molar-refractivity contribution in [1.29, 1.82) is 0 Å². The van der Waals surface area contributed by atoms with Crippen LogP contribution < -0.4 is 19.5 Å². The Morgan fingerprint density at radius 2 is 1.00 bits per heavy atom. The highest BCUT2D eigenvalue weighted by Crippen LogP contribution is 2.45. The van der Waals surface area contributed by atoms with Gasteiger partial charge in [0.2, 0.25) is 0 Å². The van der Waals surface area contributed by atoms with Gasteiger partial charge in [0.1, 0.15) is 25.6 Å². The highest BCUT2D eigenvalue weighted by atomic mass is 16.6. The normalized spacial score (nSPS) is 27.8. The van der Waals surface area contributed by atoms with Crippen LogP contribution in [0.2, 0.25) is 0 Å². The predicted molar refractivity (Wildman–Crippen MR) is 203 cm³/mol. The van der Waals surface area contributed by atoms with E-state index in [4.69, 9.17) is 28.4 Å². The molecule has 9 nitrogen and oxygen atoms in total. The Morgan fingerprint density at radius 1 is 0.560 bits per heavy atom. The summed E-state index contributed by atoms with van der Waals surface area (Å²) >= 11 is 0. The summed E-state index contributed by atoms with van der Waals surface area (Å²) in [6, 6.07) is 5.78. The van der Waals surface area contributed by atoms with Gasteiger partial charge in [-0.3, -0.25) is 9.80 Å². The third-order valence-corrected chi connectivity index (χ3v) is 12.8. The van der Waals surface area contributed by atoms with E-state index in [9.17, 15) is 0 Å². The summed E-state index contributed by atoms with van der Waals surface area (Å²) in [7, 11) is 4.44. The Hall–Kier alpha value is -1.62. The fourth-order valence-corrected chi connectivity index (χ4v) is 8.90. The molecule has 3 aliphatic heterocycles. The minimum Gasteiger partial charge on any atom is -0.491 e. The maximum atomic E-state index is 6.26. The maximum Gasteiger partial charge on any atom is 0.164 e. The second-order valence-electron chi connectivity index (χ2n) is 18.9. The summed E-state index contributed by atoms with van der Waals surface area (Å²) in [5.41, 5.74) is 0.701. The second-order valence-corrected chi connectivity index (χ2v) is 18.9. The molecular weight excluding hydrogens is 630 g/mol. The first-order valence-corrected chi connectivity index (χ1v) is 19.1. The topological polar surface area (TPSA) is 73.9 Å². The highest BCUT2D eigenvalue weighted by Gasteiger charge is 2.50. The van der Waals surface area contributed by atoms with Gasteiger partial charge in [0, 0.05) is 57.1 Å². The van der Waals surface area contributed by atoms with Crippen LogP contribution in [-0.4, -0.2) is 117 Å². The Morgan fingerprint density at radius 3 is 1.42 bits per heavy atom. The lowest BCUT2D eigenvalue weighted by molar-refractivity contribution is 0.0363. The predicted octanol–water partition coefficient (Wildman–Crippen LogP) is 7.06. The van der Waals surface area contributed by atoms with E-state index in [0.29, 0.717) is 75.5 Å². The van der Waals surface area contributed by atoms with Crippen molar-refractivity contribution in [2.75, 3.05) is 73.6 Å². The molecule has 4 rings (SSSR count). The van der Waals surface area contributed by atoms with Gasteiger partial charge in [0.05, 0.1) is 39.6 Å². The Kier molecular flexibility index (Phi) is 13.0. The standard InChI is InChI=1S/C41H73N3O6/c1-36(2)24-30(39(7,8)42-36)27-45-19-22-50-35-23-33(48-20-17-46-28-31-25-37(3,4)43(13)40(31,9)10)15-16-34(35)49-21-18-47-29-32-26-38(5,6)44(14)41(32,11)12/h15-16,23,30-32,42H,17-22,24-29H2,1-14H3. The van der Waals surface area contributed by atoms with Crippen LogP contribution in [0.25, 0.3) is 0 Å². The summed E-state index contributed by atoms with van der Waals surface area (Å²) in [6.45, 7) is 32.6. The van der Waals surface area contributed by atoms with E-state index in [1.165, 1.54) is 0 Å². The van der Waals surface area contributed by atoms with Crippen LogP contribution in [0.1, 0.15) is 102 Å². The molecule has 288 valence electrons. The van der Waals surface area contributed by atoms with Gasteiger partial charge < -0.3 is 33.7 Å². The molecule has 3 heterocycles. The molecule has 1 aromatic rings. The van der Waals surface area contributed by atoms with Gasteiger partial charge in [0.25, 0.3) is 0 Å². The lowest BCUT2D eigenvalue weighted by atomic mass is 9.88. The number of hydrogen-bond acceptors (Lipinski definition) is 9. The van der Waals surface area contributed by atoms with Gasteiger partial charge >= 0.3 is 0 Å². The summed E-state index contributed by atoms with van der Waals surface area (Å²) < 4.78 is 37.0. The molecule has 0 radical (unpaired) electrons. The fraction of sp³-hybridized carbons (Fsp3) is 0.854. The van der Waals surface area contributed by atoms with Crippen molar-refractivity contribution in [2.45, 2.75) is 136 Å². The van der Waals surface area contributed by atoms with Crippen molar-refractivity contribution < 1.29 is 28.4 Å². The van der Waals surface area contributed by atoms with Crippen molar-refractivity contribution in [3.05, 3.63) is 18.2 Å². The third kappa shape index (κ3) is 9.87. The van der Waals surface area contributed by atoms with Crippen LogP contribution in [0.3, 0.4) is 0 Å². The van der Waals surface area contributed by atoms with E-state index < -0.39 is 0 Å². The highest BCUT2D eigenvalue weighted by molar-refractivity contribution is 5.45. The first kappa shape index (κ1) is 41.1. The SMILES string of the molecule is CN1C(C)(C)CC(COCCOc2ccc(OCCOCC3CC(C)(C)N(C)C3(C)C)c(OCCOCC3CC(C)(C)NC3(C)C)c2)C1(C)C. The van der Waals surface area contributed by atoms with Crippen LogP contribution in [0.4, 0.5) is 0 Å². The minimum absolute atomic E-state index is 0.0444. The van der Waals surface area contributed by atoms with E-state index in [1.807, 2.05) is 18.2 Å². The van der Waals surface area contributed by atoms with Crippen molar-refractivity contribution in [1.82, 2.24) is 15.1 Å². The van der Waals surface area contributed by atoms with Crippen LogP contribution >= 0.6 is 0 Å². The van der Waals surface area contributed by atoms with E-state index >= 15 is 0 Å². The molecule has 3 saturated heterocycles. The van der Waals surface area contributed by atoms with Gasteiger partial charge in [-0.25, -0.2) is 0 Å². The van der Waals surface area contributed by atoms with Crippen molar-refractivity contribution >= 4 is 0 Å². The fourth-order valence-electron chi connectivity index (χ4n) is 8.90. The number of benzene rings is 1. The molecule has 0 saturated carbocycles. The van der Waals surface area contributed by atoms with Gasteiger partial charge in [-0.2, -0.15) is 0 Å². The molecule has 0 spiro atoms. The van der Waals surface area contributed by atoms with E-state index in [1.54, 1.807) is 0 Å². The number of nitrogens with one attached hydrogen (secondary N) is 1. The minimum atomic E-state index is 0.0444. The molecule has 3 unspecified atom stereocenters. The summed E-state index contributed by atoms with van der Waals surface area (Å²) in [4.78, 5) is 4.96. The number of ether oxygens (including phenoxy) is 6. The molecule has 0 bridgehead atoms. The van der Waals surface area contributed by atoms with Gasteiger partial charge in [-0.1, -0.05) is 0 Å². The van der Waals surface area contributed by atoms with E-state index in [2.05, 4.69) is 112 Å². The quantitative estimate of drug-likeness (QED) is 0.162. The first-order valence-electron chi connectivity index (χ1n) is 19.1. The summed E-state index contributed by atoms with van der Waals surface area (Å²) in [6.07, 6.45) is 3.32. The molecular formula is C41H73N3O6. The van der Waals surface area contributed by atoms with E-state index in [0.717, 1.165) is 38.2 Å². The first-order chi connectivity index (χ1) is 23.1. The van der Waals surface area contributed by atoms with Gasteiger partial charge in [-0.05, 0) is 129 Å². The van der Waals surface area contributed by atoms with E-state index in [-0.39, 0.29) is 33.2 Å². The molecule has 3 atom stereocenters. The molecule has 3 fully saturated rings. The van der Waals surface area contributed by atoms with Crippen molar-refractivity contribution in [2.24, 2.45) is 17.8 Å². The Bertz CT molecular complexity index is 1240. The van der Waals surface area contributed by atoms with Gasteiger partial charge in [-0.15, -0.1) is 0 Å². The molecule has 1 N–H and O–H groups in total. The molecule has 1 aromatic carbocycles. The molecule has 0 amide bonds. The number of hydrogen-bond donors (Lipinski definition) is 1. The molecule has 3 aliphatic rings. The average Bonchev–Trinajstić information content (AvgIpc) is 3.40. The zero-order chi connectivity index (χ0) is 37.2. The summed E-state index contributed by atoms with van der Waals surface area (Å²) in [5.74, 6) is 3.45. The van der Waals surface area contributed by atoms with Crippen LogP contribution in [-0.2, 0) is 14.2 Å². The molecule has 0 aliphatic carbocycles. The van der Waals surface area contributed by atoms with Crippen LogP contribution in [0.5, 0.6) is 17.2 Å². The zero-order valence-electron chi connectivity index (χ0n) is 34.3. The number of likely N-dealkylation sites (tertiary alicyclic amines) is 2. The van der Waals surface area contributed by atoms with Crippen molar-refractivity contribution in [3.63, 3.8) is 0 Å². The maximum absolute atomic E-state index is 6.26. The Balaban J connectivity index is 1.27. The van der Waals surface area contributed by atoms with Crippen LogP contribution in [0, 0.1) is 17.8 Å². The van der Waals surface area contributed by atoms with Crippen molar-refractivity contribution in [3.8, 4) is 17.2 Å². The zero-order valence-corrected chi connectivity index (χ0v) is 34.3. The van der Waals surface area contributed by atoms with Gasteiger partial charge in [0.15, 0.2) is 11.5 Å². The lowest BCUT2D eigenvalue weighted by Gasteiger charge is -2.38.